The van der Waals surface area contributed by atoms with Crippen molar-refractivity contribution in [3.63, 3.8) is 0 Å². The number of furan rings is 1. The van der Waals surface area contributed by atoms with Crippen LogP contribution in [0.15, 0.2) is 34.7 Å². The largest absolute Gasteiger partial charge is 0.453 e. The molecule has 0 aliphatic heterocycles. The van der Waals surface area contributed by atoms with Crippen LogP contribution in [-0.2, 0) is 0 Å². The van der Waals surface area contributed by atoms with E-state index < -0.39 is 0 Å². The third-order valence-electron chi connectivity index (χ3n) is 4.06. The molecular weight excluding hydrogens is 224 g/mol. The van der Waals surface area contributed by atoms with Crippen LogP contribution in [-0.4, -0.2) is 5.78 Å². The monoisotopic (exact) mass is 242 g/mol. The lowest BCUT2D eigenvalue weighted by atomic mass is 9.80. The maximum atomic E-state index is 12.4. The summed E-state index contributed by atoms with van der Waals surface area (Å²) in [6.07, 6.45) is 4.35. The second-order valence-electron chi connectivity index (χ2n) is 5.47. The number of carbonyl (C=O) groups is 1. The van der Waals surface area contributed by atoms with Crippen molar-refractivity contribution in [2.75, 3.05) is 0 Å². The highest BCUT2D eigenvalue weighted by atomic mass is 16.3. The van der Waals surface area contributed by atoms with Crippen LogP contribution >= 0.6 is 0 Å². The van der Waals surface area contributed by atoms with Gasteiger partial charge in [-0.2, -0.15) is 0 Å². The summed E-state index contributed by atoms with van der Waals surface area (Å²) in [7, 11) is 0. The average Bonchev–Trinajstić information content (AvgIpc) is 2.82. The van der Waals surface area contributed by atoms with Gasteiger partial charge in [-0.3, -0.25) is 4.79 Å². The minimum absolute atomic E-state index is 0.168. The summed E-state index contributed by atoms with van der Waals surface area (Å²) in [5.41, 5.74) is 0.810. The van der Waals surface area contributed by atoms with Crippen LogP contribution in [0.3, 0.4) is 0 Å². The summed E-state index contributed by atoms with van der Waals surface area (Å²) in [6.45, 7) is 2.27. The molecule has 1 heterocycles. The van der Waals surface area contributed by atoms with Crippen LogP contribution < -0.4 is 0 Å². The highest BCUT2D eigenvalue weighted by Gasteiger charge is 2.27. The Morgan fingerprint density at radius 2 is 1.89 bits per heavy atom. The lowest BCUT2D eigenvalue weighted by Gasteiger charge is -2.24. The molecular formula is C16H18O2. The SMILES string of the molecule is CC1CCC(C(=O)c2cc3ccccc3o2)CC1. The molecule has 1 aliphatic carbocycles. The first-order chi connectivity index (χ1) is 8.74. The van der Waals surface area contributed by atoms with Crippen molar-refractivity contribution in [1.29, 1.82) is 0 Å². The van der Waals surface area contributed by atoms with Crippen LogP contribution in [0.25, 0.3) is 11.0 Å². The maximum absolute atomic E-state index is 12.4. The molecule has 1 aromatic carbocycles. The Morgan fingerprint density at radius 1 is 1.17 bits per heavy atom. The molecule has 0 saturated heterocycles. The predicted molar refractivity (Wildman–Crippen MR) is 71.7 cm³/mol. The Morgan fingerprint density at radius 3 is 2.61 bits per heavy atom. The van der Waals surface area contributed by atoms with Crippen LogP contribution in [0.4, 0.5) is 0 Å². The number of hydrogen-bond acceptors (Lipinski definition) is 2. The first kappa shape index (κ1) is 11.5. The predicted octanol–water partition coefficient (Wildman–Crippen LogP) is 4.44. The number of ketones is 1. The van der Waals surface area contributed by atoms with Crippen LogP contribution in [0, 0.1) is 11.8 Å². The Balaban J connectivity index is 1.83. The first-order valence-corrected chi connectivity index (χ1v) is 6.77. The fourth-order valence-electron chi connectivity index (χ4n) is 2.83. The molecule has 3 rings (SSSR count). The average molecular weight is 242 g/mol. The van der Waals surface area contributed by atoms with E-state index in [1.54, 1.807) is 0 Å². The molecule has 0 amide bonds. The minimum atomic E-state index is 0.168. The van der Waals surface area contributed by atoms with Crippen molar-refractivity contribution >= 4 is 16.8 Å². The van der Waals surface area contributed by atoms with Crippen molar-refractivity contribution in [3.8, 4) is 0 Å². The summed E-state index contributed by atoms with van der Waals surface area (Å²) < 4.78 is 5.66. The number of para-hydroxylation sites is 1. The topological polar surface area (TPSA) is 30.2 Å². The molecule has 1 aromatic heterocycles. The van der Waals surface area contributed by atoms with Gasteiger partial charge in [0.15, 0.2) is 5.76 Å². The standard InChI is InChI=1S/C16H18O2/c1-11-6-8-12(9-7-11)16(17)15-10-13-4-2-3-5-14(13)18-15/h2-5,10-12H,6-9H2,1H3. The fourth-order valence-corrected chi connectivity index (χ4v) is 2.83. The minimum Gasteiger partial charge on any atom is -0.453 e. The van der Waals surface area contributed by atoms with Gasteiger partial charge in [-0.05, 0) is 30.9 Å². The second kappa shape index (κ2) is 4.60. The first-order valence-electron chi connectivity index (χ1n) is 6.77. The summed E-state index contributed by atoms with van der Waals surface area (Å²) >= 11 is 0. The van der Waals surface area contributed by atoms with E-state index in [0.29, 0.717) is 5.76 Å². The van der Waals surface area contributed by atoms with Crippen molar-refractivity contribution in [2.45, 2.75) is 32.6 Å². The van der Waals surface area contributed by atoms with Crippen LogP contribution in [0.1, 0.15) is 43.2 Å². The lowest BCUT2D eigenvalue weighted by Crippen LogP contribution is -2.20. The van der Waals surface area contributed by atoms with Gasteiger partial charge >= 0.3 is 0 Å². The zero-order chi connectivity index (χ0) is 12.5. The van der Waals surface area contributed by atoms with Gasteiger partial charge < -0.3 is 4.42 Å². The van der Waals surface area contributed by atoms with Gasteiger partial charge in [-0.15, -0.1) is 0 Å². The van der Waals surface area contributed by atoms with E-state index in [-0.39, 0.29) is 11.7 Å². The molecule has 0 bridgehead atoms. The summed E-state index contributed by atoms with van der Waals surface area (Å²) in [5, 5.41) is 1.02. The van der Waals surface area contributed by atoms with E-state index in [1.165, 1.54) is 0 Å². The normalized spacial score (nSPS) is 24.3. The number of benzene rings is 1. The molecule has 1 aliphatic rings. The van der Waals surface area contributed by atoms with Crippen molar-refractivity contribution in [2.24, 2.45) is 11.8 Å². The Kier molecular flexibility index (Phi) is 2.94. The van der Waals surface area contributed by atoms with Crippen LogP contribution in [0.5, 0.6) is 0 Å². The van der Waals surface area contributed by atoms with Crippen molar-refractivity contribution < 1.29 is 9.21 Å². The molecule has 0 radical (unpaired) electrons. The fraction of sp³-hybridized carbons (Fsp3) is 0.438. The molecule has 18 heavy (non-hydrogen) atoms. The summed E-state index contributed by atoms with van der Waals surface area (Å²) in [5.74, 6) is 1.67. The van der Waals surface area contributed by atoms with E-state index in [9.17, 15) is 4.79 Å². The molecule has 0 unspecified atom stereocenters. The van der Waals surface area contributed by atoms with Gasteiger partial charge in [0.05, 0.1) is 0 Å². The molecule has 2 nitrogen and oxygen atoms in total. The third-order valence-corrected chi connectivity index (χ3v) is 4.06. The van der Waals surface area contributed by atoms with E-state index in [0.717, 1.165) is 42.6 Å². The van der Waals surface area contributed by atoms with E-state index in [2.05, 4.69) is 6.92 Å². The molecule has 2 aromatic rings. The van der Waals surface area contributed by atoms with Gasteiger partial charge in [-0.1, -0.05) is 38.0 Å². The lowest BCUT2D eigenvalue weighted by molar-refractivity contribution is 0.0849. The van der Waals surface area contributed by atoms with Crippen molar-refractivity contribution in [1.82, 2.24) is 0 Å². The number of hydrogen-bond donors (Lipinski definition) is 0. The molecule has 2 heteroatoms. The van der Waals surface area contributed by atoms with E-state index >= 15 is 0 Å². The number of Topliss-reactive ketones (excluding diaryl/α,β-unsaturated/α-hetero) is 1. The highest BCUT2D eigenvalue weighted by Crippen LogP contribution is 2.31. The number of rotatable bonds is 2. The molecule has 0 N–H and O–H groups in total. The maximum Gasteiger partial charge on any atom is 0.201 e. The third kappa shape index (κ3) is 2.07. The number of fused-ring (bicyclic) bond motifs is 1. The number of carbonyl (C=O) groups excluding carboxylic acids is 1. The molecule has 1 saturated carbocycles. The van der Waals surface area contributed by atoms with Gasteiger partial charge in [0.25, 0.3) is 0 Å². The van der Waals surface area contributed by atoms with E-state index in [4.69, 9.17) is 4.42 Å². The molecule has 1 fully saturated rings. The van der Waals surface area contributed by atoms with Gasteiger partial charge in [0, 0.05) is 11.3 Å². The smallest absolute Gasteiger partial charge is 0.201 e. The Hall–Kier alpha value is -1.57. The zero-order valence-electron chi connectivity index (χ0n) is 10.7. The van der Waals surface area contributed by atoms with Gasteiger partial charge in [-0.25, -0.2) is 0 Å². The molecule has 94 valence electrons. The van der Waals surface area contributed by atoms with Gasteiger partial charge in [0.1, 0.15) is 5.58 Å². The van der Waals surface area contributed by atoms with E-state index in [1.807, 2.05) is 30.3 Å². The molecule has 0 spiro atoms. The zero-order valence-corrected chi connectivity index (χ0v) is 10.7. The summed E-state index contributed by atoms with van der Waals surface area (Å²) in [6, 6.07) is 9.68. The highest BCUT2D eigenvalue weighted by molar-refractivity contribution is 5.99. The molecule has 0 atom stereocenters. The second-order valence-corrected chi connectivity index (χ2v) is 5.47. The van der Waals surface area contributed by atoms with Crippen molar-refractivity contribution in [3.05, 3.63) is 36.1 Å². The quantitative estimate of drug-likeness (QED) is 0.729. The summed E-state index contributed by atoms with van der Waals surface area (Å²) in [4.78, 5) is 12.4. The Labute approximate surface area is 107 Å². The Bertz CT molecular complexity index is 526. The van der Waals surface area contributed by atoms with Gasteiger partial charge in [0.2, 0.25) is 5.78 Å². The van der Waals surface area contributed by atoms with Crippen LogP contribution in [0.2, 0.25) is 0 Å².